The molecule has 0 atom stereocenters. The SMILES string of the molecule is C=C.c1ccc(Pc2ccccc2)cc1.c1ccc(Pc2ccccc2)cc1. The van der Waals surface area contributed by atoms with Gasteiger partial charge >= 0.3 is 0 Å². The molecule has 4 aromatic rings. The Labute approximate surface area is 172 Å². The van der Waals surface area contributed by atoms with E-state index in [2.05, 4.69) is 134 Å². The van der Waals surface area contributed by atoms with Crippen LogP contribution in [0, 0.1) is 0 Å². The topological polar surface area (TPSA) is 0 Å². The van der Waals surface area contributed by atoms with Crippen molar-refractivity contribution in [3.8, 4) is 0 Å². The number of hydrogen-bond donors (Lipinski definition) is 0. The Bertz CT molecular complexity index is 724. The standard InChI is InChI=1S/2C12H11P.C2H4/c2*1-3-7-11(8-4-1)13-12-9-5-2-6-10-12;1-2/h2*1-10,13H;1-2H2. The summed E-state index contributed by atoms with van der Waals surface area (Å²) in [5.74, 6) is 0. The second-order valence-electron chi connectivity index (χ2n) is 5.71. The molecule has 0 heterocycles. The largest absolute Gasteiger partial charge is 0.106 e. The number of rotatable bonds is 4. The average Bonchev–Trinajstić information content (AvgIpc) is 2.79. The van der Waals surface area contributed by atoms with E-state index in [4.69, 9.17) is 0 Å². The molecule has 0 bridgehead atoms. The van der Waals surface area contributed by atoms with Crippen molar-refractivity contribution in [1.29, 1.82) is 0 Å². The molecule has 0 saturated heterocycles. The average molecular weight is 400 g/mol. The third-order valence-corrected chi connectivity index (χ3v) is 6.16. The third kappa shape index (κ3) is 8.45. The molecule has 0 aromatic heterocycles. The molecule has 0 spiro atoms. The van der Waals surface area contributed by atoms with Gasteiger partial charge in [0.15, 0.2) is 0 Å². The first-order chi connectivity index (χ1) is 13.9. The summed E-state index contributed by atoms with van der Waals surface area (Å²) >= 11 is 0. The van der Waals surface area contributed by atoms with E-state index in [-0.39, 0.29) is 0 Å². The summed E-state index contributed by atoms with van der Waals surface area (Å²) in [6, 6.07) is 42.3. The molecule has 0 fully saturated rings. The lowest BCUT2D eigenvalue weighted by Crippen LogP contribution is -2.01. The quantitative estimate of drug-likeness (QED) is 0.316. The Hall–Kier alpha value is -2.52. The van der Waals surface area contributed by atoms with Crippen LogP contribution in [0.2, 0.25) is 0 Å². The maximum atomic E-state index is 3.00. The fraction of sp³-hybridized carbons (Fsp3) is 0. The summed E-state index contributed by atoms with van der Waals surface area (Å²) in [5, 5.41) is 5.59. The van der Waals surface area contributed by atoms with E-state index in [1.165, 1.54) is 21.2 Å². The normalized spacial score (nSPS) is 9.29. The van der Waals surface area contributed by atoms with Gasteiger partial charge in [-0.25, -0.2) is 0 Å². The van der Waals surface area contributed by atoms with Gasteiger partial charge in [0, 0.05) is 0 Å². The van der Waals surface area contributed by atoms with Crippen molar-refractivity contribution in [3.05, 3.63) is 134 Å². The summed E-state index contributed by atoms with van der Waals surface area (Å²) in [5.41, 5.74) is 0. The second kappa shape index (κ2) is 13.6. The first kappa shape index (κ1) is 21.8. The summed E-state index contributed by atoms with van der Waals surface area (Å²) < 4.78 is 0. The molecule has 4 rings (SSSR count). The summed E-state index contributed by atoms with van der Waals surface area (Å²) in [7, 11) is 1.55. The van der Waals surface area contributed by atoms with Crippen LogP contribution in [-0.2, 0) is 0 Å². The lowest BCUT2D eigenvalue weighted by atomic mass is 10.4. The fourth-order valence-electron chi connectivity index (χ4n) is 2.42. The van der Waals surface area contributed by atoms with Gasteiger partial charge in [-0.1, -0.05) is 138 Å². The first-order valence-corrected chi connectivity index (χ1v) is 11.1. The van der Waals surface area contributed by atoms with Gasteiger partial charge in [-0.3, -0.25) is 0 Å². The van der Waals surface area contributed by atoms with E-state index in [1.54, 1.807) is 0 Å². The number of hydrogen-bond acceptors (Lipinski definition) is 0. The third-order valence-electron chi connectivity index (χ3n) is 3.67. The zero-order chi connectivity index (χ0) is 19.9. The van der Waals surface area contributed by atoms with Crippen molar-refractivity contribution in [3.63, 3.8) is 0 Å². The molecule has 2 heteroatoms. The Kier molecular flexibility index (Phi) is 10.6. The smallest absolute Gasteiger partial charge is 0.0226 e. The van der Waals surface area contributed by atoms with E-state index in [1.807, 2.05) is 0 Å². The van der Waals surface area contributed by atoms with Crippen molar-refractivity contribution in [2.24, 2.45) is 0 Å². The zero-order valence-corrected chi connectivity index (χ0v) is 18.0. The highest BCUT2D eigenvalue weighted by atomic mass is 31.1. The molecule has 0 saturated carbocycles. The van der Waals surface area contributed by atoms with Crippen LogP contribution >= 0.6 is 17.2 Å². The Morgan fingerprint density at radius 3 is 0.679 bits per heavy atom. The molecule has 0 radical (unpaired) electrons. The van der Waals surface area contributed by atoms with E-state index in [0.717, 1.165) is 17.2 Å². The molecule has 4 aromatic carbocycles. The molecule has 28 heavy (non-hydrogen) atoms. The van der Waals surface area contributed by atoms with Gasteiger partial charge in [0.2, 0.25) is 0 Å². The van der Waals surface area contributed by atoms with Gasteiger partial charge in [-0.2, -0.15) is 0 Å². The highest BCUT2D eigenvalue weighted by Gasteiger charge is 1.93. The van der Waals surface area contributed by atoms with Crippen LogP contribution < -0.4 is 21.2 Å². The van der Waals surface area contributed by atoms with Gasteiger partial charge in [-0.05, 0) is 21.2 Å². The predicted octanol–water partition coefficient (Wildman–Crippen LogP) is 5.43. The van der Waals surface area contributed by atoms with Gasteiger partial charge in [0.05, 0.1) is 0 Å². The minimum Gasteiger partial charge on any atom is -0.106 e. The van der Waals surface area contributed by atoms with Crippen LogP contribution in [0.4, 0.5) is 0 Å². The predicted molar refractivity (Wildman–Crippen MR) is 132 cm³/mol. The first-order valence-electron chi connectivity index (χ1n) is 9.14. The zero-order valence-electron chi connectivity index (χ0n) is 16.0. The van der Waals surface area contributed by atoms with Crippen LogP contribution in [0.3, 0.4) is 0 Å². The molecule has 0 aliphatic heterocycles. The van der Waals surface area contributed by atoms with Crippen LogP contribution in [-0.4, -0.2) is 0 Å². The van der Waals surface area contributed by atoms with Gasteiger partial charge in [0.1, 0.15) is 0 Å². The molecular weight excluding hydrogens is 374 g/mol. The van der Waals surface area contributed by atoms with Crippen molar-refractivity contribution in [2.45, 2.75) is 0 Å². The minimum atomic E-state index is 0.777. The summed E-state index contributed by atoms with van der Waals surface area (Å²) in [6.45, 7) is 6.00. The molecule has 0 aliphatic carbocycles. The molecular formula is C26H26P2. The van der Waals surface area contributed by atoms with Crippen LogP contribution in [0.15, 0.2) is 134 Å². The highest BCUT2D eigenvalue weighted by Crippen LogP contribution is 2.09. The van der Waals surface area contributed by atoms with Crippen LogP contribution in [0.5, 0.6) is 0 Å². The molecule has 0 N–H and O–H groups in total. The second-order valence-corrected chi connectivity index (χ2v) is 8.52. The van der Waals surface area contributed by atoms with Crippen LogP contribution in [0.25, 0.3) is 0 Å². The van der Waals surface area contributed by atoms with E-state index in [0.29, 0.717) is 0 Å². The van der Waals surface area contributed by atoms with Crippen LogP contribution in [0.1, 0.15) is 0 Å². The maximum absolute atomic E-state index is 3.00. The molecule has 0 amide bonds. The van der Waals surface area contributed by atoms with Crippen molar-refractivity contribution in [1.82, 2.24) is 0 Å². The van der Waals surface area contributed by atoms with Crippen molar-refractivity contribution >= 4 is 38.4 Å². The molecule has 0 aliphatic rings. The number of benzene rings is 4. The van der Waals surface area contributed by atoms with E-state index >= 15 is 0 Å². The van der Waals surface area contributed by atoms with E-state index in [9.17, 15) is 0 Å². The van der Waals surface area contributed by atoms with Gasteiger partial charge in [0.25, 0.3) is 0 Å². The molecule has 0 unspecified atom stereocenters. The molecule has 0 nitrogen and oxygen atoms in total. The Morgan fingerprint density at radius 1 is 0.321 bits per heavy atom. The fourth-order valence-corrected chi connectivity index (χ4v) is 4.52. The lowest BCUT2D eigenvalue weighted by Gasteiger charge is -2.00. The monoisotopic (exact) mass is 400 g/mol. The maximum Gasteiger partial charge on any atom is -0.0226 e. The minimum absolute atomic E-state index is 0.777. The van der Waals surface area contributed by atoms with Crippen molar-refractivity contribution < 1.29 is 0 Å². The lowest BCUT2D eigenvalue weighted by molar-refractivity contribution is 1.76. The van der Waals surface area contributed by atoms with Crippen molar-refractivity contribution in [2.75, 3.05) is 0 Å². The van der Waals surface area contributed by atoms with Gasteiger partial charge < -0.3 is 0 Å². The summed E-state index contributed by atoms with van der Waals surface area (Å²) in [6.07, 6.45) is 0. The Balaban J connectivity index is 0.000000184. The Morgan fingerprint density at radius 2 is 0.500 bits per heavy atom. The highest BCUT2D eigenvalue weighted by molar-refractivity contribution is 7.55. The molecule has 140 valence electrons. The van der Waals surface area contributed by atoms with Gasteiger partial charge in [-0.15, -0.1) is 13.2 Å². The summed E-state index contributed by atoms with van der Waals surface area (Å²) in [4.78, 5) is 0. The van der Waals surface area contributed by atoms with E-state index < -0.39 is 0 Å².